The van der Waals surface area contributed by atoms with E-state index in [4.69, 9.17) is 14.2 Å². The second kappa shape index (κ2) is 4.09. The summed E-state index contributed by atoms with van der Waals surface area (Å²) in [5, 5.41) is 9.92. The molecule has 6 heteroatoms. The minimum Gasteiger partial charge on any atom is -0.387 e. The Morgan fingerprint density at radius 1 is 1.33 bits per heavy atom. The van der Waals surface area contributed by atoms with Gasteiger partial charge in [-0.05, 0) is 51.8 Å². The molecule has 0 bridgehead atoms. The highest BCUT2D eigenvalue weighted by Crippen LogP contribution is 2.38. The van der Waals surface area contributed by atoms with Crippen molar-refractivity contribution < 1.29 is 19.3 Å². The number of halogens is 2. The number of aliphatic hydroxyl groups excluding tert-OH is 1. The molecule has 0 aromatic rings. The molecule has 2 rings (SSSR count). The molecule has 2 aliphatic heterocycles. The first-order chi connectivity index (χ1) is 6.89. The summed E-state index contributed by atoms with van der Waals surface area (Å²) in [6, 6.07) is 0. The van der Waals surface area contributed by atoms with Crippen molar-refractivity contribution >= 4 is 31.9 Å². The predicted molar refractivity (Wildman–Crippen MR) is 60.6 cm³/mol. The molecule has 86 valence electrons. The summed E-state index contributed by atoms with van der Waals surface area (Å²) >= 11 is 6.44. The van der Waals surface area contributed by atoms with E-state index >= 15 is 0 Å². The van der Waals surface area contributed by atoms with Gasteiger partial charge in [0.15, 0.2) is 12.1 Å². The van der Waals surface area contributed by atoms with Gasteiger partial charge in [-0.15, -0.1) is 0 Å². The van der Waals surface area contributed by atoms with Crippen LogP contribution in [0.2, 0.25) is 0 Å². The van der Waals surface area contributed by atoms with Crippen molar-refractivity contribution in [1.29, 1.82) is 0 Å². The van der Waals surface area contributed by atoms with E-state index in [9.17, 15) is 5.11 Å². The van der Waals surface area contributed by atoms with Crippen LogP contribution in [0.25, 0.3) is 0 Å². The SMILES string of the molecule is CC1(C)O[C@H]2O[C@H](C=C(Br)Br)[C@@H](O)[C@H]2O1. The number of aliphatic hydroxyl groups is 1. The van der Waals surface area contributed by atoms with Crippen molar-refractivity contribution in [1.82, 2.24) is 0 Å². The van der Waals surface area contributed by atoms with Gasteiger partial charge < -0.3 is 19.3 Å². The van der Waals surface area contributed by atoms with Crippen LogP contribution < -0.4 is 0 Å². The Hall–Kier alpha value is 0.540. The largest absolute Gasteiger partial charge is 0.387 e. The Morgan fingerprint density at radius 3 is 2.53 bits per heavy atom. The average Bonchev–Trinajstić information content (AvgIpc) is 2.48. The molecule has 2 fully saturated rings. The van der Waals surface area contributed by atoms with Gasteiger partial charge in [0.05, 0.1) is 3.39 Å². The first-order valence-electron chi connectivity index (χ1n) is 4.61. The van der Waals surface area contributed by atoms with Crippen molar-refractivity contribution in [2.24, 2.45) is 0 Å². The molecule has 0 aliphatic carbocycles. The minimum absolute atomic E-state index is 0.412. The standard InChI is InChI=1S/C9H12Br2O4/c1-9(2)14-7-6(12)4(3-5(10)11)13-8(7)15-9/h3-4,6-8,12H,1-2H3/t4-,6-,7-,8-/m1/s1. The van der Waals surface area contributed by atoms with E-state index in [1.807, 2.05) is 0 Å². The molecule has 0 unspecified atom stereocenters. The Morgan fingerprint density at radius 2 is 2.00 bits per heavy atom. The smallest absolute Gasteiger partial charge is 0.190 e. The first-order valence-corrected chi connectivity index (χ1v) is 6.20. The lowest BCUT2D eigenvalue weighted by Gasteiger charge is -2.21. The van der Waals surface area contributed by atoms with Crippen LogP contribution in [-0.2, 0) is 14.2 Å². The third-order valence-electron chi connectivity index (χ3n) is 2.34. The van der Waals surface area contributed by atoms with Crippen LogP contribution in [0.15, 0.2) is 9.47 Å². The fourth-order valence-electron chi connectivity index (χ4n) is 1.78. The summed E-state index contributed by atoms with van der Waals surface area (Å²) in [6.45, 7) is 3.60. The van der Waals surface area contributed by atoms with E-state index in [-0.39, 0.29) is 0 Å². The molecule has 0 aromatic carbocycles. The van der Waals surface area contributed by atoms with Crippen molar-refractivity contribution in [2.75, 3.05) is 0 Å². The molecule has 2 saturated heterocycles. The van der Waals surface area contributed by atoms with Crippen LogP contribution in [0, 0.1) is 0 Å². The van der Waals surface area contributed by atoms with Gasteiger partial charge in [-0.1, -0.05) is 0 Å². The molecular formula is C9H12Br2O4. The minimum atomic E-state index is -0.707. The Balaban J connectivity index is 2.08. The van der Waals surface area contributed by atoms with Crippen LogP contribution in [0.1, 0.15) is 13.8 Å². The summed E-state index contributed by atoms with van der Waals surface area (Å²) in [4.78, 5) is 0. The van der Waals surface area contributed by atoms with Crippen LogP contribution in [0.4, 0.5) is 0 Å². The molecule has 2 aliphatic rings. The molecule has 0 spiro atoms. The second-order valence-electron chi connectivity index (χ2n) is 4.02. The van der Waals surface area contributed by atoms with Crippen LogP contribution >= 0.6 is 31.9 Å². The maximum atomic E-state index is 9.92. The zero-order valence-corrected chi connectivity index (χ0v) is 11.5. The third kappa shape index (κ3) is 2.45. The fraction of sp³-hybridized carbons (Fsp3) is 0.778. The lowest BCUT2D eigenvalue weighted by Crippen LogP contribution is -2.33. The van der Waals surface area contributed by atoms with Gasteiger partial charge in [0, 0.05) is 0 Å². The van der Waals surface area contributed by atoms with E-state index in [1.165, 1.54) is 0 Å². The number of hydrogen-bond acceptors (Lipinski definition) is 4. The van der Waals surface area contributed by atoms with E-state index < -0.39 is 30.4 Å². The van der Waals surface area contributed by atoms with E-state index in [2.05, 4.69) is 31.9 Å². The molecule has 0 amide bonds. The van der Waals surface area contributed by atoms with Gasteiger partial charge in [0.2, 0.25) is 0 Å². The van der Waals surface area contributed by atoms with Crippen molar-refractivity contribution in [3.8, 4) is 0 Å². The first kappa shape index (κ1) is 12.0. The maximum Gasteiger partial charge on any atom is 0.190 e. The van der Waals surface area contributed by atoms with Crippen LogP contribution in [0.5, 0.6) is 0 Å². The molecule has 2 heterocycles. The highest BCUT2D eigenvalue weighted by Gasteiger charge is 2.53. The normalized spacial score (nSPS) is 42.7. The van der Waals surface area contributed by atoms with Gasteiger partial charge in [0.25, 0.3) is 0 Å². The zero-order chi connectivity index (χ0) is 11.2. The summed E-state index contributed by atoms with van der Waals surface area (Å²) in [5.41, 5.74) is 0. The van der Waals surface area contributed by atoms with Crippen molar-refractivity contribution in [3.05, 3.63) is 9.47 Å². The fourth-order valence-corrected chi connectivity index (χ4v) is 2.30. The van der Waals surface area contributed by atoms with Crippen LogP contribution in [-0.4, -0.2) is 35.5 Å². The molecule has 0 aromatic heterocycles. The van der Waals surface area contributed by atoms with Crippen LogP contribution in [0.3, 0.4) is 0 Å². The van der Waals surface area contributed by atoms with Gasteiger partial charge in [-0.2, -0.15) is 0 Å². The lowest BCUT2D eigenvalue weighted by molar-refractivity contribution is -0.209. The second-order valence-corrected chi connectivity index (χ2v) is 6.79. The van der Waals surface area contributed by atoms with Crippen molar-refractivity contribution in [2.45, 2.75) is 44.2 Å². The zero-order valence-electron chi connectivity index (χ0n) is 8.31. The average molecular weight is 344 g/mol. The number of fused-ring (bicyclic) bond motifs is 1. The predicted octanol–water partition coefficient (Wildman–Crippen LogP) is 1.85. The Kier molecular flexibility index (Phi) is 3.27. The van der Waals surface area contributed by atoms with E-state index in [0.29, 0.717) is 0 Å². The number of ether oxygens (including phenoxy) is 3. The van der Waals surface area contributed by atoms with E-state index in [0.717, 1.165) is 3.39 Å². The molecule has 0 saturated carbocycles. The Labute approximate surface area is 105 Å². The topological polar surface area (TPSA) is 47.9 Å². The summed E-state index contributed by atoms with van der Waals surface area (Å²) < 4.78 is 17.3. The number of hydrogen-bond donors (Lipinski definition) is 1. The van der Waals surface area contributed by atoms with Gasteiger partial charge in [-0.3, -0.25) is 0 Å². The highest BCUT2D eigenvalue weighted by atomic mass is 79.9. The number of rotatable bonds is 1. The Bertz CT molecular complexity index is 288. The van der Waals surface area contributed by atoms with Gasteiger partial charge in [-0.25, -0.2) is 0 Å². The maximum absolute atomic E-state index is 9.92. The summed E-state index contributed by atoms with van der Waals surface area (Å²) in [6.07, 6.45) is -0.300. The highest BCUT2D eigenvalue weighted by molar-refractivity contribution is 9.28. The molecule has 0 radical (unpaired) electrons. The van der Waals surface area contributed by atoms with Gasteiger partial charge >= 0.3 is 0 Å². The summed E-state index contributed by atoms with van der Waals surface area (Å²) in [5.74, 6) is -0.684. The molecule has 1 N–H and O–H groups in total. The van der Waals surface area contributed by atoms with Gasteiger partial charge in [0.1, 0.15) is 18.3 Å². The molecule has 15 heavy (non-hydrogen) atoms. The summed E-state index contributed by atoms with van der Waals surface area (Å²) in [7, 11) is 0. The monoisotopic (exact) mass is 342 g/mol. The van der Waals surface area contributed by atoms with E-state index in [1.54, 1.807) is 19.9 Å². The third-order valence-corrected chi connectivity index (χ3v) is 2.87. The molecule has 4 nitrogen and oxygen atoms in total. The quantitative estimate of drug-likeness (QED) is 0.789. The van der Waals surface area contributed by atoms with Crippen molar-refractivity contribution in [3.63, 3.8) is 0 Å². The molecule has 4 atom stereocenters. The lowest BCUT2D eigenvalue weighted by atomic mass is 10.1. The molecular weight excluding hydrogens is 332 g/mol.